The van der Waals surface area contributed by atoms with Gasteiger partial charge in [-0.05, 0) is 59.4 Å². The van der Waals surface area contributed by atoms with Gasteiger partial charge in [-0.2, -0.15) is 0 Å². The highest BCUT2D eigenvalue weighted by atomic mass is 16.6. The van der Waals surface area contributed by atoms with Gasteiger partial charge < -0.3 is 24.8 Å². The van der Waals surface area contributed by atoms with E-state index in [1.165, 1.54) is 0 Å². The smallest absolute Gasteiger partial charge is 0.407 e. The number of amides is 1. The summed E-state index contributed by atoms with van der Waals surface area (Å²) < 4.78 is 16.5. The topological polar surface area (TPSA) is 68.8 Å². The zero-order chi connectivity index (χ0) is 16.9. The highest BCUT2D eigenvalue weighted by Gasteiger charge is 2.43. The minimum Gasteiger partial charge on any atom is -0.444 e. The molecular formula is C17H32N2O4. The molecule has 0 aromatic carbocycles. The summed E-state index contributed by atoms with van der Waals surface area (Å²) in [6.45, 7) is 11.0. The van der Waals surface area contributed by atoms with Crippen molar-refractivity contribution in [2.75, 3.05) is 26.4 Å². The standard InChI is InChI=1S/C17H32N2O4/c1-5-22-14-10-13(19-16(20)23-17(2,3)4)15(14)18-11-12-6-8-21-9-7-12/h12-15,18H,5-11H2,1-4H3,(H,19,20). The van der Waals surface area contributed by atoms with Crippen LogP contribution in [0.5, 0.6) is 0 Å². The molecule has 1 aliphatic heterocycles. The van der Waals surface area contributed by atoms with Crippen LogP contribution in [0.25, 0.3) is 0 Å². The molecule has 1 aliphatic carbocycles. The molecule has 0 aromatic heterocycles. The second-order valence-electron chi connectivity index (χ2n) is 7.47. The van der Waals surface area contributed by atoms with Crippen LogP contribution in [0, 0.1) is 5.92 Å². The first-order chi connectivity index (χ1) is 10.9. The molecule has 0 bridgehead atoms. The van der Waals surface area contributed by atoms with Gasteiger partial charge in [0.1, 0.15) is 5.60 Å². The third kappa shape index (κ3) is 5.94. The average Bonchev–Trinajstić information content (AvgIpc) is 2.45. The van der Waals surface area contributed by atoms with Gasteiger partial charge in [-0.25, -0.2) is 4.79 Å². The molecular weight excluding hydrogens is 296 g/mol. The summed E-state index contributed by atoms with van der Waals surface area (Å²) in [5, 5.41) is 6.56. The fraction of sp³-hybridized carbons (Fsp3) is 0.941. The minimum absolute atomic E-state index is 0.0706. The van der Waals surface area contributed by atoms with Crippen molar-refractivity contribution in [1.29, 1.82) is 0 Å². The van der Waals surface area contributed by atoms with Gasteiger partial charge in [-0.3, -0.25) is 0 Å². The van der Waals surface area contributed by atoms with Gasteiger partial charge in [-0.1, -0.05) is 0 Å². The monoisotopic (exact) mass is 328 g/mol. The van der Waals surface area contributed by atoms with Gasteiger partial charge in [-0.15, -0.1) is 0 Å². The van der Waals surface area contributed by atoms with E-state index in [1.807, 2.05) is 27.7 Å². The van der Waals surface area contributed by atoms with Crippen molar-refractivity contribution in [3.05, 3.63) is 0 Å². The van der Waals surface area contributed by atoms with Gasteiger partial charge >= 0.3 is 6.09 Å². The van der Waals surface area contributed by atoms with E-state index in [1.54, 1.807) is 0 Å². The van der Waals surface area contributed by atoms with Crippen molar-refractivity contribution in [1.82, 2.24) is 10.6 Å². The second-order valence-corrected chi connectivity index (χ2v) is 7.47. The zero-order valence-electron chi connectivity index (χ0n) is 14.9. The first-order valence-electron chi connectivity index (χ1n) is 8.81. The molecule has 2 N–H and O–H groups in total. The Morgan fingerprint density at radius 2 is 1.96 bits per heavy atom. The van der Waals surface area contributed by atoms with E-state index in [0.717, 1.165) is 39.0 Å². The molecule has 23 heavy (non-hydrogen) atoms. The molecule has 2 fully saturated rings. The van der Waals surface area contributed by atoms with Crippen LogP contribution in [-0.2, 0) is 14.2 Å². The summed E-state index contributed by atoms with van der Waals surface area (Å²) in [6, 6.07) is 0.228. The number of nitrogens with one attached hydrogen (secondary N) is 2. The van der Waals surface area contributed by atoms with Crippen LogP contribution in [0.4, 0.5) is 4.79 Å². The Morgan fingerprint density at radius 3 is 2.57 bits per heavy atom. The molecule has 6 heteroatoms. The molecule has 0 spiro atoms. The quantitative estimate of drug-likeness (QED) is 0.781. The number of carbonyl (C=O) groups is 1. The number of alkyl carbamates (subject to hydrolysis) is 1. The third-order valence-electron chi connectivity index (χ3n) is 4.39. The van der Waals surface area contributed by atoms with E-state index in [-0.39, 0.29) is 24.3 Å². The lowest BCUT2D eigenvalue weighted by Gasteiger charge is -2.45. The summed E-state index contributed by atoms with van der Waals surface area (Å²) in [6.07, 6.45) is 2.85. The molecule has 3 atom stereocenters. The number of hydrogen-bond donors (Lipinski definition) is 2. The third-order valence-corrected chi connectivity index (χ3v) is 4.39. The molecule has 1 heterocycles. The summed E-state index contributed by atoms with van der Waals surface area (Å²) in [4.78, 5) is 12.0. The van der Waals surface area contributed by atoms with Crippen molar-refractivity contribution >= 4 is 6.09 Å². The summed E-state index contributed by atoms with van der Waals surface area (Å²) >= 11 is 0. The van der Waals surface area contributed by atoms with Crippen LogP contribution in [0.15, 0.2) is 0 Å². The number of hydrogen-bond acceptors (Lipinski definition) is 5. The van der Waals surface area contributed by atoms with Gasteiger partial charge in [0.05, 0.1) is 18.2 Å². The summed E-state index contributed by atoms with van der Waals surface area (Å²) in [5.74, 6) is 0.647. The summed E-state index contributed by atoms with van der Waals surface area (Å²) in [5.41, 5.74) is -0.474. The Morgan fingerprint density at radius 1 is 1.26 bits per heavy atom. The van der Waals surface area contributed by atoms with Crippen molar-refractivity contribution in [3.8, 4) is 0 Å². The first kappa shape index (κ1) is 18.5. The van der Waals surface area contributed by atoms with Crippen LogP contribution in [0.3, 0.4) is 0 Å². The first-order valence-corrected chi connectivity index (χ1v) is 8.81. The fourth-order valence-electron chi connectivity index (χ4n) is 3.13. The number of ether oxygens (including phenoxy) is 3. The molecule has 6 nitrogen and oxygen atoms in total. The lowest BCUT2D eigenvalue weighted by Crippen LogP contribution is -2.66. The van der Waals surface area contributed by atoms with Crippen LogP contribution >= 0.6 is 0 Å². The Kier molecular flexibility index (Phi) is 6.68. The SMILES string of the molecule is CCOC1CC(NC(=O)OC(C)(C)C)C1NCC1CCOCC1. The van der Waals surface area contributed by atoms with Crippen molar-refractivity contribution in [2.24, 2.45) is 5.92 Å². The van der Waals surface area contributed by atoms with Crippen LogP contribution in [0.1, 0.15) is 47.0 Å². The Bertz CT molecular complexity index is 377. The Balaban J connectivity index is 1.80. The number of rotatable bonds is 6. The maximum absolute atomic E-state index is 12.0. The van der Waals surface area contributed by atoms with Gasteiger partial charge in [0.2, 0.25) is 0 Å². The molecule has 2 rings (SSSR count). The maximum Gasteiger partial charge on any atom is 0.407 e. The maximum atomic E-state index is 12.0. The molecule has 2 aliphatic rings. The molecule has 134 valence electrons. The van der Waals surface area contributed by atoms with Gasteiger partial charge in [0.15, 0.2) is 0 Å². The average molecular weight is 328 g/mol. The van der Waals surface area contributed by atoms with Crippen LogP contribution in [-0.4, -0.2) is 56.2 Å². The molecule has 3 unspecified atom stereocenters. The predicted molar refractivity (Wildman–Crippen MR) is 88.5 cm³/mol. The lowest BCUT2D eigenvalue weighted by molar-refractivity contribution is -0.0456. The second kappa shape index (κ2) is 8.31. The van der Waals surface area contributed by atoms with Crippen molar-refractivity contribution in [2.45, 2.75) is 70.7 Å². The van der Waals surface area contributed by atoms with E-state index in [9.17, 15) is 4.79 Å². The van der Waals surface area contributed by atoms with Crippen LogP contribution < -0.4 is 10.6 Å². The summed E-state index contributed by atoms with van der Waals surface area (Å²) in [7, 11) is 0. The normalized spacial score (nSPS) is 29.0. The van der Waals surface area contributed by atoms with E-state index in [0.29, 0.717) is 12.5 Å². The fourth-order valence-corrected chi connectivity index (χ4v) is 3.13. The molecule has 0 radical (unpaired) electrons. The molecule has 1 amide bonds. The highest BCUT2D eigenvalue weighted by molar-refractivity contribution is 5.68. The van der Waals surface area contributed by atoms with E-state index >= 15 is 0 Å². The van der Waals surface area contributed by atoms with E-state index < -0.39 is 5.60 Å². The molecule has 0 aromatic rings. The van der Waals surface area contributed by atoms with Crippen molar-refractivity contribution < 1.29 is 19.0 Å². The lowest BCUT2D eigenvalue weighted by atomic mass is 9.82. The Hall–Kier alpha value is -0.850. The molecule has 1 saturated heterocycles. The van der Waals surface area contributed by atoms with Crippen molar-refractivity contribution in [3.63, 3.8) is 0 Å². The van der Waals surface area contributed by atoms with E-state index in [2.05, 4.69) is 10.6 Å². The Labute approximate surface area is 139 Å². The van der Waals surface area contributed by atoms with Gasteiger partial charge in [0.25, 0.3) is 0 Å². The molecule has 1 saturated carbocycles. The van der Waals surface area contributed by atoms with Gasteiger partial charge in [0, 0.05) is 19.8 Å². The number of carbonyl (C=O) groups excluding carboxylic acids is 1. The predicted octanol–water partition coefficient (Wildman–Crippen LogP) is 2.07. The zero-order valence-corrected chi connectivity index (χ0v) is 14.9. The highest BCUT2D eigenvalue weighted by Crippen LogP contribution is 2.26. The van der Waals surface area contributed by atoms with Crippen LogP contribution in [0.2, 0.25) is 0 Å². The van der Waals surface area contributed by atoms with E-state index in [4.69, 9.17) is 14.2 Å². The minimum atomic E-state index is -0.474. The largest absolute Gasteiger partial charge is 0.444 e.